The van der Waals surface area contributed by atoms with E-state index in [4.69, 9.17) is 4.74 Å². The first kappa shape index (κ1) is 13.0. The minimum Gasteiger partial charge on any atom is -0.496 e. The molecule has 3 rings (SSSR count). The van der Waals surface area contributed by atoms with Crippen molar-refractivity contribution >= 4 is 32.9 Å². The molecule has 0 amide bonds. The van der Waals surface area contributed by atoms with E-state index < -0.39 is 0 Å². The second-order valence-electron chi connectivity index (χ2n) is 4.41. The van der Waals surface area contributed by atoms with Crippen LogP contribution in [0.2, 0.25) is 0 Å². The highest BCUT2D eigenvalue weighted by atomic mass is 79.9. The van der Waals surface area contributed by atoms with Crippen molar-refractivity contribution in [3.05, 3.63) is 52.5 Å². The molecular weight excluding hydrogens is 318 g/mol. The van der Waals surface area contributed by atoms with Crippen LogP contribution in [0, 0.1) is 0 Å². The molecule has 0 saturated heterocycles. The van der Waals surface area contributed by atoms with Gasteiger partial charge in [-0.15, -0.1) is 0 Å². The number of nitrogens with one attached hydrogen (secondary N) is 2. The minimum absolute atomic E-state index is 0.641. The Morgan fingerprint density at radius 2 is 2.10 bits per heavy atom. The van der Waals surface area contributed by atoms with Crippen LogP contribution in [0.1, 0.15) is 5.56 Å². The summed E-state index contributed by atoms with van der Waals surface area (Å²) in [7, 11) is 1.67. The number of halogens is 1. The lowest BCUT2D eigenvalue weighted by molar-refractivity contribution is 0.410. The summed E-state index contributed by atoms with van der Waals surface area (Å²) in [4.78, 5) is 7.73. The molecule has 2 N–H and O–H groups in total. The van der Waals surface area contributed by atoms with E-state index in [1.807, 2.05) is 42.5 Å². The third-order valence-corrected chi connectivity index (χ3v) is 3.57. The van der Waals surface area contributed by atoms with E-state index in [-0.39, 0.29) is 0 Å². The Bertz CT molecular complexity index is 706. The van der Waals surface area contributed by atoms with Crippen LogP contribution in [0.15, 0.2) is 46.9 Å². The molecule has 0 radical (unpaired) electrons. The van der Waals surface area contributed by atoms with Gasteiger partial charge in [0.2, 0.25) is 5.95 Å². The van der Waals surface area contributed by atoms with Gasteiger partial charge in [0, 0.05) is 16.6 Å². The molecule has 20 heavy (non-hydrogen) atoms. The van der Waals surface area contributed by atoms with Crippen LogP contribution in [0.5, 0.6) is 5.75 Å². The fourth-order valence-corrected chi connectivity index (χ4v) is 2.51. The van der Waals surface area contributed by atoms with Crippen molar-refractivity contribution in [2.45, 2.75) is 6.54 Å². The molecule has 0 unspecified atom stereocenters. The zero-order valence-electron chi connectivity index (χ0n) is 11.0. The number of nitrogens with zero attached hydrogens (tertiary/aromatic N) is 1. The Hall–Kier alpha value is -2.01. The lowest BCUT2D eigenvalue weighted by Gasteiger charge is -2.09. The highest BCUT2D eigenvalue weighted by molar-refractivity contribution is 9.10. The lowest BCUT2D eigenvalue weighted by Crippen LogP contribution is -2.03. The number of para-hydroxylation sites is 2. The van der Waals surface area contributed by atoms with Gasteiger partial charge in [-0.3, -0.25) is 0 Å². The van der Waals surface area contributed by atoms with Crippen LogP contribution < -0.4 is 10.1 Å². The molecule has 0 bridgehead atoms. The predicted octanol–water partition coefficient (Wildman–Crippen LogP) is 3.95. The average molecular weight is 332 g/mol. The third-order valence-electron chi connectivity index (χ3n) is 3.08. The molecule has 2 aromatic carbocycles. The fourth-order valence-electron chi connectivity index (χ4n) is 2.10. The van der Waals surface area contributed by atoms with Crippen molar-refractivity contribution in [2.24, 2.45) is 0 Å². The van der Waals surface area contributed by atoms with E-state index in [0.717, 1.165) is 32.8 Å². The molecular formula is C15H14BrN3O. The SMILES string of the molecule is COc1ccc(Br)cc1CNc1nc2ccccc2[nH]1. The Morgan fingerprint density at radius 3 is 2.90 bits per heavy atom. The molecule has 0 aliphatic carbocycles. The molecule has 4 nitrogen and oxygen atoms in total. The second kappa shape index (κ2) is 5.54. The standard InChI is InChI=1S/C15H14BrN3O/c1-20-14-7-6-11(16)8-10(14)9-17-15-18-12-4-2-3-5-13(12)19-15/h2-8H,9H2,1H3,(H2,17,18,19). The highest BCUT2D eigenvalue weighted by Gasteiger charge is 2.06. The largest absolute Gasteiger partial charge is 0.496 e. The third kappa shape index (κ3) is 2.63. The molecule has 0 aliphatic heterocycles. The Kier molecular flexibility index (Phi) is 3.60. The smallest absolute Gasteiger partial charge is 0.201 e. The van der Waals surface area contributed by atoms with Gasteiger partial charge in [-0.05, 0) is 30.3 Å². The van der Waals surface area contributed by atoms with E-state index in [2.05, 4.69) is 31.2 Å². The molecule has 0 spiro atoms. The number of hydrogen-bond donors (Lipinski definition) is 2. The van der Waals surface area contributed by atoms with Crippen LogP contribution in [-0.4, -0.2) is 17.1 Å². The van der Waals surface area contributed by atoms with Crippen molar-refractivity contribution in [3.8, 4) is 5.75 Å². The maximum Gasteiger partial charge on any atom is 0.201 e. The van der Waals surface area contributed by atoms with Gasteiger partial charge in [-0.2, -0.15) is 0 Å². The maximum absolute atomic E-state index is 5.36. The molecule has 0 fully saturated rings. The number of rotatable bonds is 4. The van der Waals surface area contributed by atoms with Gasteiger partial charge in [0.15, 0.2) is 0 Å². The molecule has 3 aromatic rings. The number of imidazole rings is 1. The van der Waals surface area contributed by atoms with E-state index in [1.165, 1.54) is 0 Å². The quantitative estimate of drug-likeness (QED) is 0.761. The van der Waals surface area contributed by atoms with E-state index >= 15 is 0 Å². The second-order valence-corrected chi connectivity index (χ2v) is 5.33. The van der Waals surface area contributed by atoms with Gasteiger partial charge < -0.3 is 15.0 Å². The summed E-state index contributed by atoms with van der Waals surface area (Å²) in [5.41, 5.74) is 3.05. The molecule has 0 aliphatic rings. The molecule has 5 heteroatoms. The van der Waals surface area contributed by atoms with Crippen molar-refractivity contribution in [1.82, 2.24) is 9.97 Å². The summed E-state index contributed by atoms with van der Waals surface area (Å²) in [5.74, 6) is 1.62. The topological polar surface area (TPSA) is 49.9 Å². The summed E-state index contributed by atoms with van der Waals surface area (Å²) in [5, 5.41) is 3.28. The molecule has 102 valence electrons. The Morgan fingerprint density at radius 1 is 1.25 bits per heavy atom. The van der Waals surface area contributed by atoms with Crippen LogP contribution in [0.25, 0.3) is 11.0 Å². The summed E-state index contributed by atoms with van der Waals surface area (Å²) >= 11 is 3.47. The van der Waals surface area contributed by atoms with E-state index in [9.17, 15) is 0 Å². The summed E-state index contributed by atoms with van der Waals surface area (Å²) in [6, 6.07) is 13.9. The van der Waals surface area contributed by atoms with Gasteiger partial charge in [0.05, 0.1) is 18.1 Å². The molecule has 0 atom stereocenters. The van der Waals surface area contributed by atoms with Gasteiger partial charge in [-0.1, -0.05) is 28.1 Å². The van der Waals surface area contributed by atoms with Gasteiger partial charge in [-0.25, -0.2) is 4.98 Å². The number of benzene rings is 2. The first-order chi connectivity index (χ1) is 9.76. The van der Waals surface area contributed by atoms with E-state index in [1.54, 1.807) is 7.11 Å². The first-order valence-electron chi connectivity index (χ1n) is 6.27. The number of fused-ring (bicyclic) bond motifs is 1. The van der Waals surface area contributed by atoms with Gasteiger partial charge in [0.25, 0.3) is 0 Å². The lowest BCUT2D eigenvalue weighted by atomic mass is 10.2. The highest BCUT2D eigenvalue weighted by Crippen LogP contribution is 2.24. The zero-order chi connectivity index (χ0) is 13.9. The summed E-state index contributed by atoms with van der Waals surface area (Å²) in [6.07, 6.45) is 0. The first-order valence-corrected chi connectivity index (χ1v) is 7.06. The number of aromatic amines is 1. The maximum atomic E-state index is 5.36. The van der Waals surface area contributed by atoms with Gasteiger partial charge in [0.1, 0.15) is 5.75 Å². The normalized spacial score (nSPS) is 10.7. The summed E-state index contributed by atoms with van der Waals surface area (Å²) < 4.78 is 6.38. The van der Waals surface area contributed by atoms with Crippen LogP contribution in [0.4, 0.5) is 5.95 Å². The Balaban J connectivity index is 1.80. The van der Waals surface area contributed by atoms with Crippen molar-refractivity contribution in [2.75, 3.05) is 12.4 Å². The van der Waals surface area contributed by atoms with Crippen LogP contribution >= 0.6 is 15.9 Å². The number of anilines is 1. The number of methoxy groups -OCH3 is 1. The average Bonchev–Trinajstić information content (AvgIpc) is 2.88. The zero-order valence-corrected chi connectivity index (χ0v) is 12.6. The molecule has 1 heterocycles. The summed E-state index contributed by atoms with van der Waals surface area (Å²) in [6.45, 7) is 0.641. The minimum atomic E-state index is 0.641. The number of H-pyrrole nitrogens is 1. The Labute approximate surface area is 125 Å². The number of hydrogen-bond acceptors (Lipinski definition) is 3. The van der Waals surface area contributed by atoms with Crippen molar-refractivity contribution in [1.29, 1.82) is 0 Å². The van der Waals surface area contributed by atoms with E-state index in [0.29, 0.717) is 6.54 Å². The van der Waals surface area contributed by atoms with Crippen molar-refractivity contribution in [3.63, 3.8) is 0 Å². The van der Waals surface area contributed by atoms with Crippen molar-refractivity contribution < 1.29 is 4.74 Å². The number of aromatic nitrogens is 2. The monoisotopic (exact) mass is 331 g/mol. The van der Waals surface area contributed by atoms with Crippen LogP contribution in [0.3, 0.4) is 0 Å². The molecule has 1 aromatic heterocycles. The predicted molar refractivity (Wildman–Crippen MR) is 84.1 cm³/mol. The molecule has 0 saturated carbocycles. The number of ether oxygens (including phenoxy) is 1. The van der Waals surface area contributed by atoms with Gasteiger partial charge >= 0.3 is 0 Å². The van der Waals surface area contributed by atoms with Crippen LogP contribution in [-0.2, 0) is 6.54 Å². The fraction of sp³-hybridized carbons (Fsp3) is 0.133.